The molecule has 0 radical (unpaired) electrons. The fraction of sp³-hybridized carbons (Fsp3) is 0.200. The SMILES string of the molecule is NNC(Cc1cc(F)cc(Br)c1)Cc1cccc(Cl)c1F. The van der Waals surface area contributed by atoms with Crippen LogP contribution in [0.15, 0.2) is 40.9 Å². The summed E-state index contributed by atoms with van der Waals surface area (Å²) in [6.07, 6.45) is 0.829. The first-order valence-electron chi connectivity index (χ1n) is 6.33. The lowest BCUT2D eigenvalue weighted by atomic mass is 9.99. The van der Waals surface area contributed by atoms with Crippen LogP contribution in [0.4, 0.5) is 8.78 Å². The Balaban J connectivity index is 2.15. The predicted octanol–water partition coefficient (Wildman–Crippen LogP) is 4.00. The monoisotopic (exact) mass is 374 g/mol. The average Bonchev–Trinajstić information content (AvgIpc) is 2.42. The molecule has 2 aromatic rings. The summed E-state index contributed by atoms with van der Waals surface area (Å²) in [6, 6.07) is 9.23. The summed E-state index contributed by atoms with van der Waals surface area (Å²) in [5, 5.41) is 0.0803. The number of hydrogen-bond donors (Lipinski definition) is 2. The first kappa shape index (κ1) is 16.4. The second-order valence-electron chi connectivity index (χ2n) is 4.76. The summed E-state index contributed by atoms with van der Waals surface area (Å²) in [5.41, 5.74) is 3.88. The summed E-state index contributed by atoms with van der Waals surface area (Å²) in [6.45, 7) is 0. The van der Waals surface area contributed by atoms with Gasteiger partial charge in [-0.2, -0.15) is 0 Å². The molecule has 0 saturated heterocycles. The molecule has 2 nitrogen and oxygen atoms in total. The molecule has 0 spiro atoms. The Kier molecular flexibility index (Phi) is 5.70. The van der Waals surface area contributed by atoms with Crippen LogP contribution in [0.1, 0.15) is 11.1 Å². The number of halogens is 4. The van der Waals surface area contributed by atoms with Gasteiger partial charge in [-0.3, -0.25) is 11.3 Å². The van der Waals surface area contributed by atoms with Gasteiger partial charge in [0.25, 0.3) is 0 Å². The number of rotatable bonds is 5. The molecule has 3 N–H and O–H groups in total. The van der Waals surface area contributed by atoms with Gasteiger partial charge in [0.2, 0.25) is 0 Å². The molecular weight excluding hydrogens is 362 g/mol. The average molecular weight is 376 g/mol. The maximum atomic E-state index is 13.9. The molecule has 0 fully saturated rings. The molecule has 0 saturated carbocycles. The highest BCUT2D eigenvalue weighted by Crippen LogP contribution is 2.21. The van der Waals surface area contributed by atoms with Gasteiger partial charge in [0.05, 0.1) is 5.02 Å². The second-order valence-corrected chi connectivity index (χ2v) is 6.09. The second kappa shape index (κ2) is 7.31. The van der Waals surface area contributed by atoms with Crippen molar-refractivity contribution in [3.63, 3.8) is 0 Å². The first-order chi connectivity index (χ1) is 9.99. The number of nitrogens with one attached hydrogen (secondary N) is 1. The lowest BCUT2D eigenvalue weighted by molar-refractivity contribution is 0.505. The zero-order chi connectivity index (χ0) is 15.4. The largest absolute Gasteiger partial charge is 0.271 e. The van der Waals surface area contributed by atoms with Crippen molar-refractivity contribution in [1.82, 2.24) is 5.43 Å². The molecule has 0 amide bonds. The fourth-order valence-corrected chi connectivity index (χ4v) is 2.88. The summed E-state index contributed by atoms with van der Waals surface area (Å²) in [4.78, 5) is 0. The van der Waals surface area contributed by atoms with E-state index in [-0.39, 0.29) is 16.9 Å². The molecule has 0 aliphatic heterocycles. The number of hydrogen-bond acceptors (Lipinski definition) is 2. The van der Waals surface area contributed by atoms with E-state index < -0.39 is 5.82 Å². The van der Waals surface area contributed by atoms with Crippen LogP contribution in [-0.2, 0) is 12.8 Å². The summed E-state index contributed by atoms with van der Waals surface area (Å²) in [5.74, 6) is 4.75. The number of hydrazine groups is 1. The minimum atomic E-state index is -0.445. The highest BCUT2D eigenvalue weighted by Gasteiger charge is 2.14. The van der Waals surface area contributed by atoms with Crippen molar-refractivity contribution < 1.29 is 8.78 Å². The highest BCUT2D eigenvalue weighted by molar-refractivity contribution is 9.10. The Morgan fingerprint density at radius 2 is 1.95 bits per heavy atom. The molecule has 2 aromatic carbocycles. The lowest BCUT2D eigenvalue weighted by Crippen LogP contribution is -2.38. The Hall–Kier alpha value is -1.01. The van der Waals surface area contributed by atoms with Crippen molar-refractivity contribution in [1.29, 1.82) is 0 Å². The topological polar surface area (TPSA) is 38.0 Å². The van der Waals surface area contributed by atoms with Gasteiger partial charge >= 0.3 is 0 Å². The highest BCUT2D eigenvalue weighted by atomic mass is 79.9. The van der Waals surface area contributed by atoms with Crippen LogP contribution in [0.3, 0.4) is 0 Å². The fourth-order valence-electron chi connectivity index (χ4n) is 2.17. The molecule has 0 heterocycles. The van der Waals surface area contributed by atoms with Gasteiger partial charge in [0.1, 0.15) is 11.6 Å². The molecule has 0 aliphatic rings. The van der Waals surface area contributed by atoms with E-state index in [1.807, 2.05) is 6.07 Å². The van der Waals surface area contributed by atoms with Crippen LogP contribution >= 0.6 is 27.5 Å². The van der Waals surface area contributed by atoms with Crippen LogP contribution < -0.4 is 11.3 Å². The van der Waals surface area contributed by atoms with Gasteiger partial charge in [0.15, 0.2) is 0 Å². The van der Waals surface area contributed by atoms with E-state index in [1.165, 1.54) is 18.2 Å². The van der Waals surface area contributed by atoms with E-state index in [4.69, 9.17) is 17.4 Å². The third-order valence-corrected chi connectivity index (χ3v) is 3.89. The van der Waals surface area contributed by atoms with Crippen LogP contribution in [0, 0.1) is 11.6 Å². The maximum Gasteiger partial charge on any atom is 0.145 e. The van der Waals surface area contributed by atoms with Crippen molar-refractivity contribution in [2.24, 2.45) is 5.84 Å². The Morgan fingerprint density at radius 1 is 1.19 bits per heavy atom. The Labute approximate surface area is 135 Å². The molecule has 112 valence electrons. The normalized spacial score (nSPS) is 12.4. The van der Waals surface area contributed by atoms with Crippen LogP contribution in [-0.4, -0.2) is 6.04 Å². The van der Waals surface area contributed by atoms with Crippen LogP contribution in [0.2, 0.25) is 5.02 Å². The van der Waals surface area contributed by atoms with E-state index in [9.17, 15) is 8.78 Å². The molecule has 1 unspecified atom stereocenters. The van der Waals surface area contributed by atoms with E-state index >= 15 is 0 Å². The zero-order valence-corrected chi connectivity index (χ0v) is 13.4. The minimum absolute atomic E-state index is 0.0803. The molecule has 1 atom stereocenters. The Morgan fingerprint density at radius 3 is 2.62 bits per heavy atom. The quantitative estimate of drug-likeness (QED) is 0.612. The van der Waals surface area contributed by atoms with Gasteiger partial charge in [0, 0.05) is 10.5 Å². The first-order valence-corrected chi connectivity index (χ1v) is 7.50. The summed E-state index contributed by atoms with van der Waals surface area (Å²) >= 11 is 9.00. The van der Waals surface area contributed by atoms with Gasteiger partial charge in [-0.25, -0.2) is 8.78 Å². The standard InChI is InChI=1S/C15H14BrClF2N2/c16-11-4-9(5-12(18)8-11)6-13(21-20)7-10-2-1-3-14(17)15(10)19/h1-5,8,13,21H,6-7,20H2. The predicted molar refractivity (Wildman–Crippen MR) is 84.0 cm³/mol. The molecule has 21 heavy (non-hydrogen) atoms. The van der Waals surface area contributed by atoms with Gasteiger partial charge in [-0.1, -0.05) is 39.7 Å². The summed E-state index contributed by atoms with van der Waals surface area (Å²) in [7, 11) is 0. The van der Waals surface area contributed by atoms with Crippen molar-refractivity contribution in [2.45, 2.75) is 18.9 Å². The van der Waals surface area contributed by atoms with Crippen molar-refractivity contribution in [3.05, 3.63) is 68.7 Å². The summed E-state index contributed by atoms with van der Waals surface area (Å²) < 4.78 is 27.9. The third-order valence-electron chi connectivity index (χ3n) is 3.14. The van der Waals surface area contributed by atoms with Crippen molar-refractivity contribution in [3.8, 4) is 0 Å². The molecule has 0 aliphatic carbocycles. The third kappa shape index (κ3) is 4.48. The molecule has 6 heteroatoms. The maximum absolute atomic E-state index is 13.9. The number of benzene rings is 2. The van der Waals surface area contributed by atoms with E-state index in [1.54, 1.807) is 12.1 Å². The molecule has 0 bridgehead atoms. The van der Waals surface area contributed by atoms with Gasteiger partial charge < -0.3 is 0 Å². The van der Waals surface area contributed by atoms with E-state index in [0.29, 0.717) is 22.9 Å². The van der Waals surface area contributed by atoms with E-state index in [2.05, 4.69) is 21.4 Å². The van der Waals surface area contributed by atoms with Crippen LogP contribution in [0.25, 0.3) is 0 Å². The van der Waals surface area contributed by atoms with Crippen molar-refractivity contribution >= 4 is 27.5 Å². The smallest absolute Gasteiger partial charge is 0.145 e. The van der Waals surface area contributed by atoms with Crippen molar-refractivity contribution in [2.75, 3.05) is 0 Å². The lowest BCUT2D eigenvalue weighted by Gasteiger charge is -2.17. The van der Waals surface area contributed by atoms with Gasteiger partial charge in [-0.05, 0) is 48.2 Å². The zero-order valence-electron chi connectivity index (χ0n) is 11.0. The number of nitrogens with two attached hydrogens (primary N) is 1. The molecule has 0 aromatic heterocycles. The minimum Gasteiger partial charge on any atom is -0.271 e. The van der Waals surface area contributed by atoms with E-state index in [0.717, 1.165) is 5.56 Å². The molecular formula is C15H14BrClF2N2. The Bertz CT molecular complexity index is 617. The van der Waals surface area contributed by atoms with Crippen LogP contribution in [0.5, 0.6) is 0 Å². The molecule has 2 rings (SSSR count). The van der Waals surface area contributed by atoms with Gasteiger partial charge in [-0.15, -0.1) is 0 Å².